The van der Waals surface area contributed by atoms with Crippen LogP contribution in [0.5, 0.6) is 0 Å². The first-order valence-electron chi connectivity index (χ1n) is 6.30. The van der Waals surface area contributed by atoms with Crippen LogP contribution in [0.2, 0.25) is 0 Å². The quantitative estimate of drug-likeness (QED) is 0.831. The van der Waals surface area contributed by atoms with E-state index in [1.807, 2.05) is 19.9 Å². The Hall–Kier alpha value is -1.83. The van der Waals surface area contributed by atoms with Crippen LogP contribution in [0.1, 0.15) is 31.5 Å². The Bertz CT molecular complexity index is 538. The third-order valence-electron chi connectivity index (χ3n) is 2.55. The smallest absolute Gasteiger partial charge is 0.230 e. The number of hydrogen-bond donors (Lipinski definition) is 1. The van der Waals surface area contributed by atoms with E-state index in [0.717, 1.165) is 11.6 Å². The van der Waals surface area contributed by atoms with E-state index in [2.05, 4.69) is 20.8 Å². The van der Waals surface area contributed by atoms with Crippen LogP contribution in [-0.2, 0) is 17.1 Å². The minimum Gasteiger partial charge on any atom is -0.467 e. The minimum absolute atomic E-state index is 0.0324. The van der Waals surface area contributed by atoms with Gasteiger partial charge in [-0.25, -0.2) is 4.68 Å². The molecule has 2 heterocycles. The number of rotatable bonds is 7. The number of amides is 1. The molecule has 20 heavy (non-hydrogen) atoms. The molecule has 0 saturated carbocycles. The lowest BCUT2D eigenvalue weighted by Gasteiger charge is -2.07. The summed E-state index contributed by atoms with van der Waals surface area (Å²) in [6, 6.07) is 3.83. The summed E-state index contributed by atoms with van der Waals surface area (Å²) in [5.74, 6) is 2.47. The van der Waals surface area contributed by atoms with E-state index >= 15 is 0 Å². The standard InChI is InChI=1S/C12H17N5O2S/c1-9(2)17-11(14-15-16-17)7-20-8-12(18)13-6-10-4-3-5-19-10/h3-5,9H,6-8H2,1-2H3,(H,13,18). The Morgan fingerprint density at radius 3 is 3.10 bits per heavy atom. The Morgan fingerprint density at radius 1 is 1.55 bits per heavy atom. The van der Waals surface area contributed by atoms with Crippen molar-refractivity contribution in [2.24, 2.45) is 0 Å². The maximum absolute atomic E-state index is 11.7. The molecule has 8 heteroatoms. The second kappa shape index (κ2) is 7.09. The molecule has 0 unspecified atom stereocenters. The third-order valence-corrected chi connectivity index (χ3v) is 3.48. The topological polar surface area (TPSA) is 85.8 Å². The number of furan rings is 1. The molecule has 0 radical (unpaired) electrons. The largest absolute Gasteiger partial charge is 0.467 e. The van der Waals surface area contributed by atoms with Gasteiger partial charge in [0.1, 0.15) is 5.76 Å². The lowest BCUT2D eigenvalue weighted by molar-refractivity contribution is -0.118. The van der Waals surface area contributed by atoms with Gasteiger partial charge in [-0.05, 0) is 36.4 Å². The van der Waals surface area contributed by atoms with Crippen molar-refractivity contribution in [2.45, 2.75) is 32.2 Å². The first kappa shape index (κ1) is 14.6. The fraction of sp³-hybridized carbons (Fsp3) is 0.500. The molecule has 1 N–H and O–H groups in total. The molecular weight excluding hydrogens is 278 g/mol. The van der Waals surface area contributed by atoms with Crippen LogP contribution >= 0.6 is 11.8 Å². The second-order valence-electron chi connectivity index (χ2n) is 4.48. The number of carbonyl (C=O) groups excluding carboxylic acids is 1. The first-order chi connectivity index (χ1) is 9.66. The molecule has 2 aromatic heterocycles. The molecule has 0 aromatic carbocycles. The van der Waals surface area contributed by atoms with Crippen molar-refractivity contribution in [1.29, 1.82) is 0 Å². The van der Waals surface area contributed by atoms with Gasteiger partial charge in [0.2, 0.25) is 5.91 Å². The fourth-order valence-corrected chi connectivity index (χ4v) is 2.36. The van der Waals surface area contributed by atoms with E-state index < -0.39 is 0 Å². The Balaban J connectivity index is 1.70. The minimum atomic E-state index is -0.0324. The zero-order chi connectivity index (χ0) is 14.4. The van der Waals surface area contributed by atoms with Crippen molar-refractivity contribution in [2.75, 3.05) is 5.75 Å². The maximum atomic E-state index is 11.7. The summed E-state index contributed by atoms with van der Waals surface area (Å²) in [6.07, 6.45) is 1.59. The van der Waals surface area contributed by atoms with Crippen molar-refractivity contribution in [1.82, 2.24) is 25.5 Å². The highest BCUT2D eigenvalue weighted by Gasteiger charge is 2.10. The summed E-state index contributed by atoms with van der Waals surface area (Å²) in [4.78, 5) is 11.7. The van der Waals surface area contributed by atoms with Gasteiger partial charge in [-0.15, -0.1) is 16.9 Å². The van der Waals surface area contributed by atoms with Gasteiger partial charge < -0.3 is 9.73 Å². The van der Waals surface area contributed by atoms with Crippen molar-refractivity contribution >= 4 is 17.7 Å². The van der Waals surface area contributed by atoms with E-state index in [4.69, 9.17) is 4.42 Å². The monoisotopic (exact) mass is 295 g/mol. The van der Waals surface area contributed by atoms with Crippen molar-refractivity contribution in [3.63, 3.8) is 0 Å². The predicted molar refractivity (Wildman–Crippen MR) is 74.9 cm³/mol. The molecule has 0 saturated heterocycles. The van der Waals surface area contributed by atoms with Gasteiger partial charge in [0, 0.05) is 0 Å². The highest BCUT2D eigenvalue weighted by Crippen LogP contribution is 2.12. The zero-order valence-corrected chi connectivity index (χ0v) is 12.3. The van der Waals surface area contributed by atoms with E-state index in [0.29, 0.717) is 18.1 Å². The van der Waals surface area contributed by atoms with Gasteiger partial charge in [0.05, 0.1) is 30.4 Å². The van der Waals surface area contributed by atoms with Gasteiger partial charge in [-0.1, -0.05) is 0 Å². The lowest BCUT2D eigenvalue weighted by atomic mass is 10.4. The van der Waals surface area contributed by atoms with Gasteiger partial charge >= 0.3 is 0 Å². The number of aromatic nitrogens is 4. The summed E-state index contributed by atoms with van der Waals surface area (Å²) in [6.45, 7) is 4.44. The Kier molecular flexibility index (Phi) is 5.16. The fourth-order valence-electron chi connectivity index (χ4n) is 1.59. The second-order valence-corrected chi connectivity index (χ2v) is 5.47. The summed E-state index contributed by atoms with van der Waals surface area (Å²) in [5, 5.41) is 14.3. The van der Waals surface area contributed by atoms with Crippen LogP contribution in [0.15, 0.2) is 22.8 Å². The van der Waals surface area contributed by atoms with Crippen molar-refractivity contribution < 1.29 is 9.21 Å². The van der Waals surface area contributed by atoms with Crippen molar-refractivity contribution in [3.8, 4) is 0 Å². The first-order valence-corrected chi connectivity index (χ1v) is 7.46. The third kappa shape index (κ3) is 4.09. The van der Waals surface area contributed by atoms with Gasteiger partial charge in [-0.3, -0.25) is 4.79 Å². The lowest BCUT2D eigenvalue weighted by Crippen LogP contribution is -2.24. The number of nitrogens with zero attached hydrogens (tertiary/aromatic N) is 4. The number of tetrazole rings is 1. The van der Waals surface area contributed by atoms with Crippen molar-refractivity contribution in [3.05, 3.63) is 30.0 Å². The number of carbonyl (C=O) groups is 1. The summed E-state index contributed by atoms with van der Waals surface area (Å²) < 4.78 is 6.90. The SMILES string of the molecule is CC(C)n1nnnc1CSCC(=O)NCc1ccco1. The van der Waals surface area contributed by atoms with Crippen LogP contribution in [-0.4, -0.2) is 31.9 Å². The Labute approximate surface area is 121 Å². The molecule has 1 amide bonds. The molecule has 2 rings (SSSR count). The number of hydrogen-bond acceptors (Lipinski definition) is 6. The van der Waals surface area contributed by atoms with E-state index in [9.17, 15) is 4.79 Å². The number of thioether (sulfide) groups is 1. The Morgan fingerprint density at radius 2 is 2.40 bits per heavy atom. The average molecular weight is 295 g/mol. The molecule has 0 bridgehead atoms. The average Bonchev–Trinajstić information content (AvgIpc) is 3.07. The van der Waals surface area contributed by atoms with Gasteiger partial charge in [0.25, 0.3) is 0 Å². The highest BCUT2D eigenvalue weighted by molar-refractivity contribution is 7.99. The molecule has 0 atom stereocenters. The van der Waals surface area contributed by atoms with Gasteiger partial charge in [0.15, 0.2) is 5.82 Å². The van der Waals surface area contributed by atoms with Crippen LogP contribution < -0.4 is 5.32 Å². The molecular formula is C12H17N5O2S. The van der Waals surface area contributed by atoms with Crippen LogP contribution in [0.4, 0.5) is 0 Å². The van der Waals surface area contributed by atoms with Crippen LogP contribution in [0, 0.1) is 0 Å². The van der Waals surface area contributed by atoms with E-state index in [1.165, 1.54) is 11.8 Å². The van der Waals surface area contributed by atoms with Gasteiger partial charge in [-0.2, -0.15) is 0 Å². The molecule has 2 aromatic rings. The number of nitrogens with one attached hydrogen (secondary N) is 1. The summed E-state index contributed by atoms with van der Waals surface area (Å²) in [7, 11) is 0. The molecule has 0 aliphatic heterocycles. The molecule has 0 fully saturated rings. The highest BCUT2D eigenvalue weighted by atomic mass is 32.2. The molecule has 108 valence electrons. The normalized spacial score (nSPS) is 10.9. The maximum Gasteiger partial charge on any atom is 0.230 e. The van der Waals surface area contributed by atoms with E-state index in [1.54, 1.807) is 17.0 Å². The molecule has 0 spiro atoms. The van der Waals surface area contributed by atoms with Crippen LogP contribution in [0.3, 0.4) is 0 Å². The molecule has 0 aliphatic rings. The summed E-state index contributed by atoms with van der Waals surface area (Å²) in [5.41, 5.74) is 0. The molecule has 7 nitrogen and oxygen atoms in total. The van der Waals surface area contributed by atoms with E-state index in [-0.39, 0.29) is 11.9 Å². The zero-order valence-electron chi connectivity index (χ0n) is 11.4. The summed E-state index contributed by atoms with van der Waals surface area (Å²) >= 11 is 1.48. The predicted octanol–water partition coefficient (Wildman–Crippen LogP) is 1.40. The molecule has 0 aliphatic carbocycles. The van der Waals surface area contributed by atoms with Crippen LogP contribution in [0.25, 0.3) is 0 Å².